The van der Waals surface area contributed by atoms with E-state index in [9.17, 15) is 5.11 Å². The lowest BCUT2D eigenvalue weighted by atomic mass is 9.92. The number of rotatable bonds is 8. The Morgan fingerprint density at radius 3 is 2.42 bits per heavy atom. The van der Waals surface area contributed by atoms with Gasteiger partial charge < -0.3 is 31.9 Å². The largest absolute Gasteiger partial charge is 1.00 e. The van der Waals surface area contributed by atoms with Crippen molar-refractivity contribution in [3.63, 3.8) is 0 Å². The quantitative estimate of drug-likeness (QED) is 0.609. The summed E-state index contributed by atoms with van der Waals surface area (Å²) in [5, 5.41) is 10.1. The van der Waals surface area contributed by atoms with Crippen LogP contribution in [-0.4, -0.2) is 55.6 Å². The van der Waals surface area contributed by atoms with Gasteiger partial charge in [-0.3, -0.25) is 0 Å². The summed E-state index contributed by atoms with van der Waals surface area (Å²) in [5.74, 6) is 2.26. The van der Waals surface area contributed by atoms with Crippen molar-refractivity contribution in [3.8, 4) is 5.75 Å². The standard InChI is InChI=1S/C18H28BrNO3.ClH/c1-14-9-15(2)11-20(10-14)12-17(21)13-22-7-8-23-18-5-3-16(19)4-6-18;/h3-6,14-15,17,21H,7-13H2,1-2H3;1H/p-1. The molecule has 1 aromatic rings. The minimum atomic E-state index is -0.430. The number of β-amino-alcohol motifs (C(OH)–C–C–N with tert-alkyl or cyclic N) is 1. The first-order valence-corrected chi connectivity index (χ1v) is 9.18. The maximum Gasteiger partial charge on any atom is 0.119 e. The second-order valence-corrected chi connectivity index (χ2v) is 7.61. The van der Waals surface area contributed by atoms with Gasteiger partial charge in [0.05, 0.1) is 19.3 Å². The van der Waals surface area contributed by atoms with Crippen molar-refractivity contribution >= 4 is 15.9 Å². The van der Waals surface area contributed by atoms with Crippen LogP contribution < -0.4 is 17.1 Å². The highest BCUT2D eigenvalue weighted by Gasteiger charge is 2.23. The molecule has 1 N–H and O–H groups in total. The molecule has 1 saturated heterocycles. The van der Waals surface area contributed by atoms with Crippen molar-refractivity contribution in [1.82, 2.24) is 4.90 Å². The molecule has 1 aromatic carbocycles. The van der Waals surface area contributed by atoms with E-state index in [4.69, 9.17) is 9.47 Å². The summed E-state index contributed by atoms with van der Waals surface area (Å²) in [4.78, 5) is 2.35. The molecule has 6 heteroatoms. The first-order chi connectivity index (χ1) is 11.0. The van der Waals surface area contributed by atoms with Crippen LogP contribution in [0.15, 0.2) is 28.7 Å². The highest BCUT2D eigenvalue weighted by atomic mass is 79.9. The van der Waals surface area contributed by atoms with Crippen molar-refractivity contribution in [2.24, 2.45) is 11.8 Å². The SMILES string of the molecule is CC1CC(C)CN(CC(O)COCCOc2ccc(Br)cc2)C1.[Cl-]. The Balaban J connectivity index is 0.00000288. The molecule has 0 radical (unpaired) electrons. The lowest BCUT2D eigenvalue weighted by molar-refractivity contribution is -0.00215. The molecule has 1 heterocycles. The first kappa shape index (κ1) is 21.7. The van der Waals surface area contributed by atoms with Gasteiger partial charge in [0, 0.05) is 24.1 Å². The summed E-state index contributed by atoms with van der Waals surface area (Å²) in [5.41, 5.74) is 0. The minimum Gasteiger partial charge on any atom is -1.00 e. The van der Waals surface area contributed by atoms with E-state index in [2.05, 4.69) is 34.7 Å². The van der Waals surface area contributed by atoms with E-state index in [1.165, 1.54) is 6.42 Å². The molecule has 3 unspecified atom stereocenters. The highest BCUT2D eigenvalue weighted by Crippen LogP contribution is 2.21. The van der Waals surface area contributed by atoms with E-state index in [1.54, 1.807) is 0 Å². The van der Waals surface area contributed by atoms with Crippen LogP contribution in [0.25, 0.3) is 0 Å². The molecule has 0 amide bonds. The van der Waals surface area contributed by atoms with E-state index in [0.717, 1.165) is 23.3 Å². The van der Waals surface area contributed by atoms with Crippen LogP contribution in [-0.2, 0) is 4.74 Å². The van der Waals surface area contributed by atoms with Crippen LogP contribution in [0.1, 0.15) is 20.3 Å². The number of ether oxygens (including phenoxy) is 2. The summed E-state index contributed by atoms with van der Waals surface area (Å²) in [6.07, 6.45) is 0.858. The summed E-state index contributed by atoms with van der Waals surface area (Å²) < 4.78 is 12.1. The van der Waals surface area contributed by atoms with Gasteiger partial charge in [-0.25, -0.2) is 0 Å². The maximum atomic E-state index is 10.1. The zero-order chi connectivity index (χ0) is 16.7. The molecule has 24 heavy (non-hydrogen) atoms. The molecular weight excluding hydrogens is 394 g/mol. The number of piperidine rings is 1. The highest BCUT2D eigenvalue weighted by molar-refractivity contribution is 9.10. The molecule has 0 bridgehead atoms. The van der Waals surface area contributed by atoms with Gasteiger partial charge in [-0.2, -0.15) is 0 Å². The Bertz CT molecular complexity index is 450. The van der Waals surface area contributed by atoms with Gasteiger partial charge in [0.25, 0.3) is 0 Å². The van der Waals surface area contributed by atoms with Crippen molar-refractivity contribution < 1.29 is 27.0 Å². The van der Waals surface area contributed by atoms with E-state index in [0.29, 0.717) is 38.2 Å². The van der Waals surface area contributed by atoms with E-state index >= 15 is 0 Å². The third kappa shape index (κ3) is 8.17. The Morgan fingerprint density at radius 2 is 1.79 bits per heavy atom. The third-order valence-corrected chi connectivity index (χ3v) is 4.56. The lowest BCUT2D eigenvalue weighted by Gasteiger charge is -2.35. The fourth-order valence-electron chi connectivity index (χ4n) is 3.26. The zero-order valence-electron chi connectivity index (χ0n) is 14.5. The minimum absolute atomic E-state index is 0. The van der Waals surface area contributed by atoms with Gasteiger partial charge >= 0.3 is 0 Å². The number of benzene rings is 1. The predicted molar refractivity (Wildman–Crippen MR) is 95.8 cm³/mol. The van der Waals surface area contributed by atoms with Crippen molar-refractivity contribution in [2.45, 2.75) is 26.4 Å². The average molecular weight is 422 g/mol. The number of hydrogen-bond donors (Lipinski definition) is 1. The molecule has 0 aromatic heterocycles. The number of hydrogen-bond acceptors (Lipinski definition) is 4. The van der Waals surface area contributed by atoms with Crippen molar-refractivity contribution in [3.05, 3.63) is 28.7 Å². The summed E-state index contributed by atoms with van der Waals surface area (Å²) in [7, 11) is 0. The molecule has 2 rings (SSSR count). The van der Waals surface area contributed by atoms with Crippen molar-refractivity contribution in [1.29, 1.82) is 0 Å². The molecule has 1 aliphatic rings. The topological polar surface area (TPSA) is 41.9 Å². The zero-order valence-corrected chi connectivity index (χ0v) is 16.8. The summed E-state index contributed by atoms with van der Waals surface area (Å²) >= 11 is 3.39. The van der Waals surface area contributed by atoms with Gasteiger partial charge in [0.2, 0.25) is 0 Å². The van der Waals surface area contributed by atoms with E-state index in [1.807, 2.05) is 24.3 Å². The molecule has 4 nitrogen and oxygen atoms in total. The van der Waals surface area contributed by atoms with Gasteiger partial charge in [0.15, 0.2) is 0 Å². The number of aliphatic hydroxyl groups is 1. The molecule has 3 atom stereocenters. The van der Waals surface area contributed by atoms with E-state index in [-0.39, 0.29) is 12.4 Å². The van der Waals surface area contributed by atoms with Gasteiger partial charge in [-0.1, -0.05) is 29.8 Å². The Kier molecular flexibility index (Phi) is 10.2. The average Bonchev–Trinajstić information content (AvgIpc) is 2.47. The van der Waals surface area contributed by atoms with Crippen LogP contribution in [0.2, 0.25) is 0 Å². The summed E-state index contributed by atoms with van der Waals surface area (Å²) in [6, 6.07) is 7.72. The van der Waals surface area contributed by atoms with Crippen LogP contribution in [0, 0.1) is 11.8 Å². The fourth-order valence-corrected chi connectivity index (χ4v) is 3.52. The number of halogens is 2. The van der Waals surface area contributed by atoms with Crippen LogP contribution in [0.3, 0.4) is 0 Å². The number of likely N-dealkylation sites (tertiary alicyclic amines) is 1. The van der Waals surface area contributed by atoms with Crippen molar-refractivity contribution in [2.75, 3.05) is 39.5 Å². The second-order valence-electron chi connectivity index (χ2n) is 6.70. The molecule has 0 spiro atoms. The molecule has 138 valence electrons. The lowest BCUT2D eigenvalue weighted by Crippen LogP contribution is -3.00. The summed E-state index contributed by atoms with van der Waals surface area (Å²) in [6.45, 7) is 8.76. The number of aliphatic hydroxyl groups excluding tert-OH is 1. The smallest absolute Gasteiger partial charge is 0.119 e. The fraction of sp³-hybridized carbons (Fsp3) is 0.667. The maximum absolute atomic E-state index is 10.1. The Hall–Kier alpha value is -0.330. The molecule has 1 fully saturated rings. The Morgan fingerprint density at radius 1 is 1.17 bits per heavy atom. The molecule has 0 aliphatic carbocycles. The van der Waals surface area contributed by atoms with Gasteiger partial charge in [-0.05, 0) is 42.5 Å². The first-order valence-electron chi connectivity index (χ1n) is 8.39. The molecule has 0 saturated carbocycles. The normalized spacial score (nSPS) is 22.7. The van der Waals surface area contributed by atoms with Crippen LogP contribution in [0.4, 0.5) is 0 Å². The third-order valence-electron chi connectivity index (χ3n) is 4.03. The monoisotopic (exact) mass is 420 g/mol. The molecular formula is C18H28BrClNO3-. The Labute approximate surface area is 160 Å². The second kappa shape index (κ2) is 11.3. The van der Waals surface area contributed by atoms with Crippen LogP contribution in [0.5, 0.6) is 5.75 Å². The number of nitrogens with zero attached hydrogens (tertiary/aromatic N) is 1. The van der Waals surface area contributed by atoms with Gasteiger partial charge in [-0.15, -0.1) is 0 Å². The molecule has 1 aliphatic heterocycles. The van der Waals surface area contributed by atoms with E-state index < -0.39 is 6.10 Å². The predicted octanol–water partition coefficient (Wildman–Crippen LogP) is 0.187. The van der Waals surface area contributed by atoms with Crippen LogP contribution >= 0.6 is 15.9 Å². The van der Waals surface area contributed by atoms with Gasteiger partial charge in [0.1, 0.15) is 12.4 Å².